The van der Waals surface area contributed by atoms with E-state index in [2.05, 4.69) is 5.32 Å². The lowest BCUT2D eigenvalue weighted by Crippen LogP contribution is -2.50. The average molecular weight is 456 g/mol. The number of nitrogens with one attached hydrogen (secondary N) is 1. The van der Waals surface area contributed by atoms with E-state index in [1.54, 1.807) is 35.2 Å². The lowest BCUT2D eigenvalue weighted by molar-refractivity contribution is -0.141. The molecule has 0 fully saturated rings. The molecule has 0 spiro atoms. The average Bonchev–Trinajstić information content (AvgIpc) is 2.64. The van der Waals surface area contributed by atoms with Crippen molar-refractivity contribution >= 4 is 46.6 Å². The first-order valence-corrected chi connectivity index (χ1v) is 10.6. The molecule has 0 bridgehead atoms. The van der Waals surface area contributed by atoms with Gasteiger partial charge in [-0.25, -0.2) is 0 Å². The number of hydrogen-bond acceptors (Lipinski definition) is 2. The summed E-state index contributed by atoms with van der Waals surface area (Å²) >= 11 is 18.2. The monoisotopic (exact) mass is 454 g/mol. The van der Waals surface area contributed by atoms with Gasteiger partial charge in [0.05, 0.1) is 6.42 Å². The molecule has 2 aromatic rings. The second-order valence-electron chi connectivity index (χ2n) is 7.15. The third kappa shape index (κ3) is 6.91. The highest BCUT2D eigenvalue weighted by Crippen LogP contribution is 2.23. The van der Waals surface area contributed by atoms with Crippen molar-refractivity contribution in [3.63, 3.8) is 0 Å². The van der Waals surface area contributed by atoms with Crippen LogP contribution in [0.4, 0.5) is 0 Å². The number of nitrogens with zero attached hydrogens (tertiary/aromatic N) is 1. The van der Waals surface area contributed by atoms with Crippen LogP contribution in [-0.2, 0) is 22.6 Å². The van der Waals surface area contributed by atoms with Gasteiger partial charge in [0.1, 0.15) is 6.04 Å². The van der Waals surface area contributed by atoms with Gasteiger partial charge in [-0.05, 0) is 55.7 Å². The first kappa shape index (κ1) is 23.5. The zero-order valence-electron chi connectivity index (χ0n) is 16.7. The Kier molecular flexibility index (Phi) is 8.81. The Balaban J connectivity index is 2.31. The number of amides is 2. The summed E-state index contributed by atoms with van der Waals surface area (Å²) in [6.07, 6.45) is 0.571. The van der Waals surface area contributed by atoms with Crippen molar-refractivity contribution in [1.29, 1.82) is 0 Å². The van der Waals surface area contributed by atoms with Crippen LogP contribution in [0.3, 0.4) is 0 Å². The fourth-order valence-electron chi connectivity index (χ4n) is 3.02. The van der Waals surface area contributed by atoms with Gasteiger partial charge in [0, 0.05) is 27.7 Å². The fourth-order valence-corrected chi connectivity index (χ4v) is 3.62. The summed E-state index contributed by atoms with van der Waals surface area (Å²) in [5.41, 5.74) is 1.56. The van der Waals surface area contributed by atoms with Gasteiger partial charge in [-0.1, -0.05) is 59.9 Å². The molecule has 0 unspecified atom stereocenters. The molecule has 1 atom stereocenters. The number of carbonyl (C=O) groups excluding carboxylic acids is 2. The third-order valence-corrected chi connectivity index (χ3v) is 5.28. The number of carbonyl (C=O) groups is 2. The number of rotatable bonds is 8. The molecule has 2 rings (SSSR count). The molecule has 0 radical (unpaired) electrons. The summed E-state index contributed by atoms with van der Waals surface area (Å²) < 4.78 is 0. The Labute approximate surface area is 187 Å². The summed E-state index contributed by atoms with van der Waals surface area (Å²) in [6.45, 7) is 5.97. The van der Waals surface area contributed by atoms with Crippen molar-refractivity contribution in [1.82, 2.24) is 10.2 Å². The molecule has 0 aliphatic rings. The van der Waals surface area contributed by atoms with Crippen LogP contribution in [0.5, 0.6) is 0 Å². The van der Waals surface area contributed by atoms with Crippen LogP contribution >= 0.6 is 34.8 Å². The molecule has 0 aliphatic carbocycles. The van der Waals surface area contributed by atoms with E-state index in [9.17, 15) is 9.59 Å². The van der Waals surface area contributed by atoms with E-state index >= 15 is 0 Å². The van der Waals surface area contributed by atoms with Gasteiger partial charge in [0.2, 0.25) is 11.8 Å². The Bertz CT molecular complexity index is 854. The first-order chi connectivity index (χ1) is 13.7. The van der Waals surface area contributed by atoms with Crippen LogP contribution in [0.15, 0.2) is 42.5 Å². The van der Waals surface area contributed by atoms with Crippen molar-refractivity contribution in [3.8, 4) is 0 Å². The molecule has 1 N–H and O–H groups in total. The second kappa shape index (κ2) is 10.9. The zero-order valence-corrected chi connectivity index (χ0v) is 19.0. The number of halogens is 3. The molecule has 29 heavy (non-hydrogen) atoms. The summed E-state index contributed by atoms with van der Waals surface area (Å²) in [4.78, 5) is 27.6. The molecule has 4 nitrogen and oxygen atoms in total. The summed E-state index contributed by atoms with van der Waals surface area (Å²) in [6, 6.07) is 11.7. The highest BCUT2D eigenvalue weighted by atomic mass is 35.5. The first-order valence-electron chi connectivity index (χ1n) is 9.49. The lowest BCUT2D eigenvalue weighted by atomic mass is 10.1. The van der Waals surface area contributed by atoms with E-state index in [1.165, 1.54) is 0 Å². The summed E-state index contributed by atoms with van der Waals surface area (Å²) in [5, 5.41) is 4.46. The molecule has 0 heterocycles. The van der Waals surface area contributed by atoms with Crippen LogP contribution < -0.4 is 5.32 Å². The normalized spacial score (nSPS) is 12.0. The molecule has 7 heteroatoms. The van der Waals surface area contributed by atoms with Crippen LogP contribution in [0.25, 0.3) is 0 Å². The second-order valence-corrected chi connectivity index (χ2v) is 8.43. The minimum atomic E-state index is -0.591. The smallest absolute Gasteiger partial charge is 0.243 e. The maximum atomic E-state index is 13.2. The van der Waals surface area contributed by atoms with Crippen molar-refractivity contribution in [2.75, 3.05) is 0 Å². The predicted molar refractivity (Wildman–Crippen MR) is 120 cm³/mol. The molecule has 2 aromatic carbocycles. The van der Waals surface area contributed by atoms with Gasteiger partial charge >= 0.3 is 0 Å². The van der Waals surface area contributed by atoms with Crippen LogP contribution in [-0.4, -0.2) is 28.8 Å². The van der Waals surface area contributed by atoms with Crippen LogP contribution in [0.2, 0.25) is 15.1 Å². The third-order valence-electron chi connectivity index (χ3n) is 4.44. The van der Waals surface area contributed by atoms with Gasteiger partial charge in [0.25, 0.3) is 0 Å². The fraction of sp³-hybridized carbons (Fsp3) is 0.364. The number of benzene rings is 2. The van der Waals surface area contributed by atoms with E-state index in [1.807, 2.05) is 32.9 Å². The van der Waals surface area contributed by atoms with Crippen molar-refractivity contribution < 1.29 is 9.59 Å². The van der Waals surface area contributed by atoms with Crippen molar-refractivity contribution in [2.45, 2.75) is 52.2 Å². The van der Waals surface area contributed by atoms with E-state index in [0.717, 1.165) is 5.56 Å². The number of hydrogen-bond donors (Lipinski definition) is 1. The highest BCUT2D eigenvalue weighted by Gasteiger charge is 2.29. The molecule has 0 saturated heterocycles. The topological polar surface area (TPSA) is 49.4 Å². The molecule has 0 saturated carbocycles. The molecular formula is C22H25Cl3N2O2. The molecule has 0 aliphatic heterocycles. The maximum absolute atomic E-state index is 13.2. The minimum absolute atomic E-state index is 0.0188. The van der Waals surface area contributed by atoms with E-state index in [4.69, 9.17) is 34.8 Å². The van der Waals surface area contributed by atoms with Gasteiger partial charge in [-0.15, -0.1) is 0 Å². The molecular weight excluding hydrogens is 431 g/mol. The SMILES string of the molecule is CC[C@H](C(=O)NC(C)C)N(Cc1ccc(Cl)cc1)C(=O)Cc1ccc(Cl)cc1Cl. The Morgan fingerprint density at radius 2 is 1.62 bits per heavy atom. The van der Waals surface area contributed by atoms with E-state index in [0.29, 0.717) is 33.6 Å². The molecule has 156 valence electrons. The van der Waals surface area contributed by atoms with Crippen LogP contribution in [0.1, 0.15) is 38.3 Å². The Hall–Kier alpha value is -1.75. The molecule has 0 aromatic heterocycles. The zero-order chi connectivity index (χ0) is 21.6. The Morgan fingerprint density at radius 1 is 1.00 bits per heavy atom. The minimum Gasteiger partial charge on any atom is -0.352 e. The van der Waals surface area contributed by atoms with Crippen LogP contribution in [0, 0.1) is 0 Å². The van der Waals surface area contributed by atoms with Crippen molar-refractivity contribution in [2.24, 2.45) is 0 Å². The quantitative estimate of drug-likeness (QED) is 0.569. The highest BCUT2D eigenvalue weighted by molar-refractivity contribution is 6.35. The van der Waals surface area contributed by atoms with Gasteiger partial charge < -0.3 is 10.2 Å². The molecule has 2 amide bonds. The summed E-state index contributed by atoms with van der Waals surface area (Å²) in [7, 11) is 0. The van der Waals surface area contributed by atoms with Gasteiger partial charge in [0.15, 0.2) is 0 Å². The summed E-state index contributed by atoms with van der Waals surface area (Å²) in [5.74, 6) is -0.359. The lowest BCUT2D eigenvalue weighted by Gasteiger charge is -2.31. The maximum Gasteiger partial charge on any atom is 0.243 e. The largest absolute Gasteiger partial charge is 0.352 e. The van der Waals surface area contributed by atoms with Gasteiger partial charge in [-0.3, -0.25) is 9.59 Å². The standard InChI is InChI=1S/C22H25Cl3N2O2/c1-4-20(22(29)26-14(2)3)27(13-15-5-8-17(23)9-6-15)21(28)11-16-7-10-18(24)12-19(16)25/h5-10,12,14,20H,4,11,13H2,1-3H3,(H,26,29)/t20-/m1/s1. The predicted octanol–water partition coefficient (Wildman–Crippen LogP) is 5.52. The Morgan fingerprint density at radius 3 is 2.17 bits per heavy atom. The van der Waals surface area contributed by atoms with E-state index in [-0.39, 0.29) is 24.3 Å². The van der Waals surface area contributed by atoms with Crippen molar-refractivity contribution in [3.05, 3.63) is 68.7 Å². The van der Waals surface area contributed by atoms with E-state index < -0.39 is 6.04 Å². The van der Waals surface area contributed by atoms with Gasteiger partial charge in [-0.2, -0.15) is 0 Å².